The molecule has 4 rings (SSSR count). The summed E-state index contributed by atoms with van der Waals surface area (Å²) in [5.74, 6) is 0.550. The third-order valence-electron chi connectivity index (χ3n) is 4.79. The van der Waals surface area contributed by atoms with Crippen LogP contribution in [-0.4, -0.2) is 64.2 Å². The van der Waals surface area contributed by atoms with Crippen molar-refractivity contribution in [1.29, 1.82) is 0 Å². The lowest BCUT2D eigenvalue weighted by atomic mass is 10.0. The Morgan fingerprint density at radius 3 is 2.68 bits per heavy atom. The first-order chi connectivity index (χ1) is 14.9. The predicted octanol–water partition coefficient (Wildman–Crippen LogP) is 3.08. The van der Waals surface area contributed by atoms with Crippen LogP contribution in [0.1, 0.15) is 16.8 Å². The van der Waals surface area contributed by atoms with E-state index in [-0.39, 0.29) is 6.10 Å². The third kappa shape index (κ3) is 5.55. The standard InChI is InChI=1S/C22H26N4O4S/c1-15-9-17(26-31(2,3)27)11-20-21(15)19(24-14-25-20)10-16-5-4-6-23-22(16)30-18-12-28-7-8-29-13-18/h4-6,9,11,14,18H,7-8,10,12-13H2,1-3H3. The lowest BCUT2D eigenvalue weighted by Crippen LogP contribution is -2.27. The molecule has 0 atom stereocenters. The normalized spacial score (nSPS) is 15.6. The molecule has 2 aromatic heterocycles. The van der Waals surface area contributed by atoms with E-state index < -0.39 is 9.73 Å². The average molecular weight is 443 g/mol. The minimum Gasteiger partial charge on any atom is -0.469 e. The minimum atomic E-state index is -2.26. The van der Waals surface area contributed by atoms with Gasteiger partial charge in [-0.3, -0.25) is 0 Å². The van der Waals surface area contributed by atoms with Crippen molar-refractivity contribution in [3.63, 3.8) is 0 Å². The van der Waals surface area contributed by atoms with E-state index in [1.165, 1.54) is 0 Å². The van der Waals surface area contributed by atoms with Crippen LogP contribution in [0.4, 0.5) is 5.69 Å². The van der Waals surface area contributed by atoms with Crippen LogP contribution in [-0.2, 0) is 25.6 Å². The SMILES string of the molecule is Cc1cc(N=S(C)(C)=O)cc2ncnc(Cc3cccnc3OC3COCCOC3)c12. The second-order valence-corrected chi connectivity index (χ2v) is 10.3. The van der Waals surface area contributed by atoms with Crippen LogP contribution in [0.15, 0.2) is 41.2 Å². The van der Waals surface area contributed by atoms with Gasteiger partial charge >= 0.3 is 0 Å². The molecule has 8 nitrogen and oxygen atoms in total. The minimum absolute atomic E-state index is 0.206. The molecule has 164 valence electrons. The van der Waals surface area contributed by atoms with Crippen molar-refractivity contribution in [1.82, 2.24) is 15.0 Å². The van der Waals surface area contributed by atoms with Crippen LogP contribution in [0, 0.1) is 6.92 Å². The van der Waals surface area contributed by atoms with E-state index in [4.69, 9.17) is 14.2 Å². The lowest BCUT2D eigenvalue weighted by Gasteiger charge is -2.18. The number of nitrogens with zero attached hydrogens (tertiary/aromatic N) is 4. The molecule has 0 saturated carbocycles. The summed E-state index contributed by atoms with van der Waals surface area (Å²) in [5.41, 5.74) is 4.19. The van der Waals surface area contributed by atoms with Gasteiger partial charge in [0.1, 0.15) is 12.4 Å². The Balaban J connectivity index is 1.67. The molecule has 0 spiro atoms. The number of aryl methyl sites for hydroxylation is 1. The summed E-state index contributed by atoms with van der Waals surface area (Å²) >= 11 is 0. The molecular weight excluding hydrogens is 416 g/mol. The second-order valence-electron chi connectivity index (χ2n) is 7.78. The fourth-order valence-corrected chi connectivity index (χ4v) is 4.17. The Bertz CT molecular complexity index is 1190. The number of pyridine rings is 1. The van der Waals surface area contributed by atoms with E-state index in [0.717, 1.165) is 27.7 Å². The molecule has 1 saturated heterocycles. The van der Waals surface area contributed by atoms with Gasteiger partial charge in [-0.1, -0.05) is 6.07 Å². The summed E-state index contributed by atoms with van der Waals surface area (Å²) in [6, 6.07) is 7.63. The fraction of sp³-hybridized carbons (Fsp3) is 0.409. The highest BCUT2D eigenvalue weighted by molar-refractivity contribution is 7.92. The molecule has 1 fully saturated rings. The van der Waals surface area contributed by atoms with Crippen LogP contribution in [0.5, 0.6) is 5.88 Å². The Labute approximate surface area is 182 Å². The highest BCUT2D eigenvalue weighted by Crippen LogP contribution is 2.29. The van der Waals surface area contributed by atoms with Crippen LogP contribution in [0.3, 0.4) is 0 Å². The van der Waals surface area contributed by atoms with Gasteiger partial charge < -0.3 is 14.2 Å². The maximum atomic E-state index is 12.1. The van der Waals surface area contributed by atoms with Gasteiger partial charge in [0.05, 0.1) is 43.3 Å². The maximum Gasteiger partial charge on any atom is 0.217 e. The highest BCUT2D eigenvalue weighted by Gasteiger charge is 2.18. The smallest absolute Gasteiger partial charge is 0.217 e. The van der Waals surface area contributed by atoms with E-state index in [2.05, 4.69) is 19.3 Å². The molecule has 1 aliphatic rings. The second kappa shape index (κ2) is 9.25. The van der Waals surface area contributed by atoms with Crippen molar-refractivity contribution in [3.05, 3.63) is 53.6 Å². The van der Waals surface area contributed by atoms with E-state index in [0.29, 0.717) is 44.4 Å². The zero-order chi connectivity index (χ0) is 21.8. The lowest BCUT2D eigenvalue weighted by molar-refractivity contribution is 0.0561. The Morgan fingerprint density at radius 2 is 1.94 bits per heavy atom. The van der Waals surface area contributed by atoms with Gasteiger partial charge in [0.15, 0.2) is 0 Å². The molecule has 0 amide bonds. The number of hydrogen-bond acceptors (Lipinski definition) is 8. The molecular formula is C22H26N4O4S. The molecule has 0 radical (unpaired) electrons. The Kier molecular flexibility index (Phi) is 6.45. The molecule has 0 aliphatic carbocycles. The number of benzene rings is 1. The summed E-state index contributed by atoms with van der Waals surface area (Å²) in [6.07, 6.45) is 6.81. The van der Waals surface area contributed by atoms with Gasteiger partial charge in [-0.05, 0) is 30.7 Å². The van der Waals surface area contributed by atoms with Crippen LogP contribution in [0.25, 0.3) is 10.9 Å². The van der Waals surface area contributed by atoms with E-state index in [9.17, 15) is 4.21 Å². The topological polar surface area (TPSA) is 95.8 Å². The van der Waals surface area contributed by atoms with Crippen molar-refractivity contribution in [2.45, 2.75) is 19.4 Å². The summed E-state index contributed by atoms with van der Waals surface area (Å²) in [7, 11) is -2.26. The van der Waals surface area contributed by atoms with Gasteiger partial charge in [-0.15, -0.1) is 0 Å². The van der Waals surface area contributed by atoms with Gasteiger partial charge in [0.25, 0.3) is 0 Å². The zero-order valence-electron chi connectivity index (χ0n) is 17.9. The molecule has 0 N–H and O–H groups in total. The summed E-state index contributed by atoms with van der Waals surface area (Å²) in [4.78, 5) is 13.4. The Hall–Kier alpha value is -2.62. The molecule has 3 heterocycles. The van der Waals surface area contributed by atoms with E-state index >= 15 is 0 Å². The van der Waals surface area contributed by atoms with Crippen molar-refractivity contribution in [2.75, 3.05) is 38.9 Å². The average Bonchev–Trinajstić information content (AvgIpc) is 2.97. The number of ether oxygens (including phenoxy) is 3. The first kappa shape index (κ1) is 21.6. The third-order valence-corrected chi connectivity index (χ3v) is 5.44. The summed E-state index contributed by atoms with van der Waals surface area (Å²) in [5, 5.41) is 0.955. The molecule has 9 heteroatoms. The number of hydrogen-bond donors (Lipinski definition) is 0. The first-order valence-corrected chi connectivity index (χ1v) is 12.4. The monoisotopic (exact) mass is 442 g/mol. The predicted molar refractivity (Wildman–Crippen MR) is 119 cm³/mol. The van der Waals surface area contributed by atoms with Gasteiger partial charge in [0, 0.05) is 45.8 Å². The first-order valence-electron chi connectivity index (χ1n) is 10.1. The number of rotatable bonds is 5. The van der Waals surface area contributed by atoms with Crippen LogP contribution < -0.4 is 4.74 Å². The van der Waals surface area contributed by atoms with Crippen LogP contribution in [0.2, 0.25) is 0 Å². The van der Waals surface area contributed by atoms with Gasteiger partial charge in [-0.25, -0.2) is 19.2 Å². The van der Waals surface area contributed by atoms with Crippen molar-refractivity contribution >= 4 is 26.3 Å². The van der Waals surface area contributed by atoms with Gasteiger partial charge in [-0.2, -0.15) is 4.36 Å². The number of aromatic nitrogens is 3. The van der Waals surface area contributed by atoms with Crippen molar-refractivity contribution in [3.8, 4) is 5.88 Å². The highest BCUT2D eigenvalue weighted by atomic mass is 32.2. The van der Waals surface area contributed by atoms with Gasteiger partial charge in [0.2, 0.25) is 5.88 Å². The van der Waals surface area contributed by atoms with Crippen LogP contribution >= 0.6 is 0 Å². The molecule has 3 aromatic rings. The number of fused-ring (bicyclic) bond motifs is 1. The van der Waals surface area contributed by atoms with Crippen molar-refractivity contribution < 1.29 is 18.4 Å². The fourth-order valence-electron chi connectivity index (χ4n) is 3.56. The van der Waals surface area contributed by atoms with Crippen molar-refractivity contribution in [2.24, 2.45) is 4.36 Å². The molecule has 0 unspecified atom stereocenters. The molecule has 0 bridgehead atoms. The summed E-state index contributed by atoms with van der Waals surface area (Å²) in [6.45, 7) is 4.06. The quantitative estimate of drug-likeness (QED) is 0.599. The zero-order valence-corrected chi connectivity index (χ0v) is 18.7. The molecule has 1 aliphatic heterocycles. The molecule has 31 heavy (non-hydrogen) atoms. The van der Waals surface area contributed by atoms with E-state index in [1.807, 2.05) is 31.2 Å². The Morgan fingerprint density at radius 1 is 1.16 bits per heavy atom. The summed E-state index contributed by atoms with van der Waals surface area (Å²) < 4.78 is 33.6. The largest absolute Gasteiger partial charge is 0.469 e. The maximum absolute atomic E-state index is 12.1. The van der Waals surface area contributed by atoms with E-state index in [1.54, 1.807) is 25.0 Å². The molecule has 1 aromatic carbocycles.